The van der Waals surface area contributed by atoms with Gasteiger partial charge in [0.05, 0.1) is 0 Å². The highest BCUT2D eigenvalue weighted by Gasteiger charge is 2.37. The van der Waals surface area contributed by atoms with Crippen LogP contribution in [0.25, 0.3) is 0 Å². The average Bonchev–Trinajstić information content (AvgIpc) is 2.47. The minimum Gasteiger partial charge on any atom is -0.300 e. The van der Waals surface area contributed by atoms with E-state index in [2.05, 4.69) is 32.6 Å². The highest BCUT2D eigenvalue weighted by Crippen LogP contribution is 2.42. The van der Waals surface area contributed by atoms with Crippen molar-refractivity contribution in [1.82, 2.24) is 4.90 Å². The van der Waals surface area contributed by atoms with E-state index in [-0.39, 0.29) is 0 Å². The van der Waals surface area contributed by atoms with E-state index in [1.165, 1.54) is 32.4 Å². The molecule has 2 heterocycles. The van der Waals surface area contributed by atoms with Crippen LogP contribution in [0.1, 0.15) is 47.0 Å². The molecule has 0 aromatic carbocycles. The van der Waals surface area contributed by atoms with E-state index < -0.39 is 0 Å². The first kappa shape index (κ1) is 11.4. The minimum absolute atomic E-state index is 0.749. The Morgan fingerprint density at radius 2 is 1.73 bits per heavy atom. The maximum Gasteiger partial charge on any atom is 0.00388 e. The summed E-state index contributed by atoms with van der Waals surface area (Å²) in [4.78, 5) is 2.73. The molecule has 1 saturated carbocycles. The molecule has 88 valence electrons. The molecule has 3 fully saturated rings. The molecule has 15 heavy (non-hydrogen) atoms. The lowest BCUT2D eigenvalue weighted by Gasteiger charge is -2.34. The Bertz CT molecular complexity index is 207. The maximum absolute atomic E-state index is 2.73. The molecular formula is C14H27N. The van der Waals surface area contributed by atoms with Crippen LogP contribution in [0.2, 0.25) is 0 Å². The molecule has 1 nitrogen and oxygen atoms in total. The minimum atomic E-state index is 0.749. The summed E-state index contributed by atoms with van der Waals surface area (Å²) in [5.74, 6) is 3.89. The Morgan fingerprint density at radius 1 is 1.00 bits per heavy atom. The number of rotatable bonds is 2. The van der Waals surface area contributed by atoms with Crippen molar-refractivity contribution in [3.8, 4) is 0 Å². The second-order valence-corrected chi connectivity index (χ2v) is 6.39. The predicted octanol–water partition coefficient (Wildman–Crippen LogP) is 3.40. The van der Waals surface area contributed by atoms with Gasteiger partial charge < -0.3 is 4.90 Å². The van der Waals surface area contributed by atoms with Gasteiger partial charge in [0.1, 0.15) is 0 Å². The molecule has 1 aliphatic carbocycles. The molecule has 0 amide bonds. The Labute approximate surface area is 95.2 Å². The van der Waals surface area contributed by atoms with Crippen LogP contribution in [0.15, 0.2) is 0 Å². The Hall–Kier alpha value is -0.0400. The van der Waals surface area contributed by atoms with E-state index in [1.807, 2.05) is 0 Å². The van der Waals surface area contributed by atoms with Gasteiger partial charge in [0, 0.05) is 19.1 Å². The summed E-state index contributed by atoms with van der Waals surface area (Å²) in [6.07, 6.45) is 4.50. The predicted molar refractivity (Wildman–Crippen MR) is 65.9 cm³/mol. The zero-order valence-electron chi connectivity index (χ0n) is 10.9. The van der Waals surface area contributed by atoms with Crippen LogP contribution in [0, 0.1) is 23.7 Å². The number of nitrogens with zero attached hydrogens (tertiary/aromatic N) is 1. The van der Waals surface area contributed by atoms with Crippen LogP contribution in [0.4, 0.5) is 0 Å². The van der Waals surface area contributed by atoms with Crippen molar-refractivity contribution in [3.05, 3.63) is 0 Å². The van der Waals surface area contributed by atoms with E-state index in [1.54, 1.807) is 0 Å². The fourth-order valence-corrected chi connectivity index (χ4v) is 3.70. The third-order valence-electron chi connectivity index (χ3n) is 4.71. The lowest BCUT2D eigenvalue weighted by atomic mass is 9.71. The molecule has 2 aliphatic heterocycles. The van der Waals surface area contributed by atoms with E-state index in [0.29, 0.717) is 0 Å². The van der Waals surface area contributed by atoms with Crippen molar-refractivity contribution in [2.45, 2.75) is 53.0 Å². The molecule has 0 radical (unpaired) electrons. The molecule has 0 spiro atoms. The van der Waals surface area contributed by atoms with Crippen LogP contribution in [-0.4, -0.2) is 24.0 Å². The van der Waals surface area contributed by atoms with Gasteiger partial charge in [0.2, 0.25) is 0 Å². The highest BCUT2D eigenvalue weighted by atomic mass is 15.2. The normalized spacial score (nSPS) is 37.6. The molecule has 2 bridgehead atoms. The average molecular weight is 209 g/mol. The first-order chi connectivity index (χ1) is 7.08. The SMILES string of the molecule is CC(C)C1CC2CCC1CN(C(C)C)C2. The third-order valence-corrected chi connectivity index (χ3v) is 4.71. The summed E-state index contributed by atoms with van der Waals surface area (Å²) >= 11 is 0. The summed E-state index contributed by atoms with van der Waals surface area (Å²) in [5, 5.41) is 0. The zero-order valence-corrected chi connectivity index (χ0v) is 10.9. The van der Waals surface area contributed by atoms with Crippen LogP contribution in [-0.2, 0) is 0 Å². The lowest BCUT2D eigenvalue weighted by molar-refractivity contribution is 0.156. The van der Waals surface area contributed by atoms with E-state index in [9.17, 15) is 0 Å². The molecule has 0 aromatic heterocycles. The van der Waals surface area contributed by atoms with Gasteiger partial charge in [-0.05, 0) is 56.8 Å². The molecule has 1 heteroatoms. The van der Waals surface area contributed by atoms with E-state index in [4.69, 9.17) is 0 Å². The van der Waals surface area contributed by atoms with Crippen molar-refractivity contribution in [2.75, 3.05) is 13.1 Å². The third kappa shape index (κ3) is 2.38. The van der Waals surface area contributed by atoms with Crippen molar-refractivity contribution in [3.63, 3.8) is 0 Å². The monoisotopic (exact) mass is 209 g/mol. The lowest BCUT2D eigenvalue weighted by Crippen LogP contribution is -2.35. The molecule has 2 saturated heterocycles. The fourth-order valence-electron chi connectivity index (χ4n) is 3.70. The van der Waals surface area contributed by atoms with Crippen molar-refractivity contribution < 1.29 is 0 Å². The maximum atomic E-state index is 2.73. The van der Waals surface area contributed by atoms with Gasteiger partial charge in [-0.15, -0.1) is 0 Å². The zero-order chi connectivity index (χ0) is 11.0. The van der Waals surface area contributed by atoms with E-state index >= 15 is 0 Å². The standard InChI is InChI=1S/C14H27N/c1-10(2)14-7-12-5-6-13(14)9-15(8-12)11(3)4/h10-14H,5-9H2,1-4H3. The van der Waals surface area contributed by atoms with Crippen LogP contribution >= 0.6 is 0 Å². The second-order valence-electron chi connectivity index (χ2n) is 6.39. The Kier molecular flexibility index (Phi) is 3.39. The first-order valence-corrected chi connectivity index (χ1v) is 6.82. The van der Waals surface area contributed by atoms with Gasteiger partial charge in [-0.3, -0.25) is 0 Å². The number of fused-ring (bicyclic) bond motifs is 4. The second kappa shape index (κ2) is 4.45. The highest BCUT2D eigenvalue weighted by molar-refractivity contribution is 4.89. The molecular weight excluding hydrogens is 182 g/mol. The largest absolute Gasteiger partial charge is 0.300 e. The van der Waals surface area contributed by atoms with Crippen LogP contribution in [0.3, 0.4) is 0 Å². The molecule has 3 atom stereocenters. The summed E-state index contributed by atoms with van der Waals surface area (Å²) < 4.78 is 0. The van der Waals surface area contributed by atoms with Gasteiger partial charge in [0.15, 0.2) is 0 Å². The van der Waals surface area contributed by atoms with Gasteiger partial charge in [0.25, 0.3) is 0 Å². The number of hydrogen-bond donors (Lipinski definition) is 0. The number of hydrogen-bond acceptors (Lipinski definition) is 1. The fraction of sp³-hybridized carbons (Fsp3) is 1.00. The smallest absolute Gasteiger partial charge is 0.00388 e. The molecule has 3 unspecified atom stereocenters. The van der Waals surface area contributed by atoms with Gasteiger partial charge in [-0.2, -0.15) is 0 Å². The molecule has 0 aromatic rings. The van der Waals surface area contributed by atoms with Gasteiger partial charge in [-0.1, -0.05) is 13.8 Å². The Morgan fingerprint density at radius 3 is 2.33 bits per heavy atom. The first-order valence-electron chi connectivity index (χ1n) is 6.82. The molecule has 3 rings (SSSR count). The van der Waals surface area contributed by atoms with Gasteiger partial charge in [-0.25, -0.2) is 0 Å². The summed E-state index contributed by atoms with van der Waals surface area (Å²) in [6, 6.07) is 0.749. The van der Waals surface area contributed by atoms with Crippen LogP contribution < -0.4 is 0 Å². The molecule has 3 aliphatic rings. The quantitative estimate of drug-likeness (QED) is 0.674. The summed E-state index contributed by atoms with van der Waals surface area (Å²) in [6.45, 7) is 12.3. The summed E-state index contributed by atoms with van der Waals surface area (Å²) in [7, 11) is 0. The van der Waals surface area contributed by atoms with Crippen LogP contribution in [0.5, 0.6) is 0 Å². The topological polar surface area (TPSA) is 3.24 Å². The van der Waals surface area contributed by atoms with Crippen molar-refractivity contribution >= 4 is 0 Å². The Balaban J connectivity index is 2.08. The van der Waals surface area contributed by atoms with Crippen molar-refractivity contribution in [1.29, 1.82) is 0 Å². The van der Waals surface area contributed by atoms with E-state index in [0.717, 1.165) is 29.7 Å². The van der Waals surface area contributed by atoms with Gasteiger partial charge >= 0.3 is 0 Å². The molecule has 0 N–H and O–H groups in total. The van der Waals surface area contributed by atoms with Crippen molar-refractivity contribution in [2.24, 2.45) is 23.7 Å². The summed E-state index contributed by atoms with van der Waals surface area (Å²) in [5.41, 5.74) is 0.